The summed E-state index contributed by atoms with van der Waals surface area (Å²) in [6, 6.07) is 23.1. The van der Waals surface area contributed by atoms with Gasteiger partial charge in [-0.2, -0.15) is 0 Å². The molecule has 166 valence electrons. The molecule has 0 fully saturated rings. The summed E-state index contributed by atoms with van der Waals surface area (Å²) < 4.78 is 5.34. The summed E-state index contributed by atoms with van der Waals surface area (Å²) in [5, 5.41) is 3.31. The molecule has 4 aromatic rings. The Kier molecular flexibility index (Phi) is 7.38. The Balaban J connectivity index is 1.68. The summed E-state index contributed by atoms with van der Waals surface area (Å²) in [7, 11) is 0. The number of carbonyl (C=O) groups excluding carboxylic acids is 1. The van der Waals surface area contributed by atoms with Crippen LogP contribution in [0.1, 0.15) is 23.7 Å². The van der Waals surface area contributed by atoms with Crippen molar-refractivity contribution in [3.63, 3.8) is 0 Å². The lowest BCUT2D eigenvalue weighted by Gasteiger charge is -2.20. The van der Waals surface area contributed by atoms with Crippen LogP contribution in [0.4, 0.5) is 5.82 Å². The van der Waals surface area contributed by atoms with Gasteiger partial charge < -0.3 is 10.1 Å². The molecule has 6 heteroatoms. The molecule has 0 saturated carbocycles. The van der Waals surface area contributed by atoms with Crippen LogP contribution in [0.2, 0.25) is 0 Å². The molecule has 33 heavy (non-hydrogen) atoms. The molecule has 4 rings (SSSR count). The van der Waals surface area contributed by atoms with Crippen molar-refractivity contribution in [3.8, 4) is 11.3 Å². The van der Waals surface area contributed by atoms with Gasteiger partial charge in [0, 0.05) is 30.8 Å². The number of hydrogen-bond acceptors (Lipinski definition) is 6. The number of aromatic nitrogens is 3. The summed E-state index contributed by atoms with van der Waals surface area (Å²) in [6.07, 6.45) is 6.30. The molecule has 0 bridgehead atoms. The SMILES string of the molecule is CCOC(=O)[C@H](Cc1ccccc1)Nc1ncc(-c2ccccc2)nc1Cc1cccnc1. The molecule has 0 aliphatic rings. The van der Waals surface area contributed by atoms with Crippen molar-refractivity contribution in [2.45, 2.75) is 25.8 Å². The van der Waals surface area contributed by atoms with Crippen LogP contribution >= 0.6 is 0 Å². The minimum Gasteiger partial charge on any atom is -0.464 e. The molecule has 0 aliphatic carbocycles. The maximum atomic E-state index is 12.8. The minimum absolute atomic E-state index is 0.312. The van der Waals surface area contributed by atoms with Gasteiger partial charge in [0.1, 0.15) is 11.9 Å². The summed E-state index contributed by atoms with van der Waals surface area (Å²) in [6.45, 7) is 2.12. The summed E-state index contributed by atoms with van der Waals surface area (Å²) in [5.74, 6) is 0.245. The number of anilines is 1. The molecule has 1 atom stereocenters. The maximum Gasteiger partial charge on any atom is 0.328 e. The van der Waals surface area contributed by atoms with Gasteiger partial charge in [-0.05, 0) is 24.1 Å². The van der Waals surface area contributed by atoms with Crippen molar-refractivity contribution in [3.05, 3.63) is 108 Å². The zero-order valence-electron chi connectivity index (χ0n) is 18.5. The predicted molar refractivity (Wildman–Crippen MR) is 129 cm³/mol. The van der Waals surface area contributed by atoms with Crippen LogP contribution in [0.25, 0.3) is 11.3 Å². The van der Waals surface area contributed by atoms with Gasteiger partial charge in [0.2, 0.25) is 0 Å². The second-order valence-corrected chi connectivity index (χ2v) is 7.59. The standard InChI is InChI=1S/C27H26N4O2/c1-2-33-27(32)24(16-20-10-5-3-6-11-20)31-26-23(17-21-12-9-15-28-18-21)30-25(19-29-26)22-13-7-4-8-14-22/h3-15,18-19,24H,2,16-17H2,1H3,(H,29,31)/t24-/m0/s1. The topological polar surface area (TPSA) is 77.0 Å². The molecule has 2 heterocycles. The molecule has 0 saturated heterocycles. The highest BCUT2D eigenvalue weighted by molar-refractivity contribution is 5.79. The van der Waals surface area contributed by atoms with Gasteiger partial charge >= 0.3 is 5.97 Å². The Morgan fingerprint density at radius 2 is 1.67 bits per heavy atom. The Hall–Kier alpha value is -4.06. The van der Waals surface area contributed by atoms with E-state index in [4.69, 9.17) is 9.72 Å². The van der Waals surface area contributed by atoms with Crippen molar-refractivity contribution in [1.82, 2.24) is 15.0 Å². The van der Waals surface area contributed by atoms with Crippen LogP contribution in [-0.4, -0.2) is 33.6 Å². The Labute approximate surface area is 193 Å². The molecule has 2 aromatic carbocycles. The fourth-order valence-electron chi connectivity index (χ4n) is 3.57. The Bertz CT molecular complexity index is 1170. The van der Waals surface area contributed by atoms with E-state index in [9.17, 15) is 4.79 Å². The molecule has 2 aromatic heterocycles. The third kappa shape index (κ3) is 6.01. The molecule has 0 spiro atoms. The van der Waals surface area contributed by atoms with Crippen molar-refractivity contribution in [1.29, 1.82) is 0 Å². The molecule has 6 nitrogen and oxygen atoms in total. The van der Waals surface area contributed by atoms with E-state index >= 15 is 0 Å². The molecule has 1 N–H and O–H groups in total. The maximum absolute atomic E-state index is 12.8. The number of nitrogens with one attached hydrogen (secondary N) is 1. The number of rotatable bonds is 9. The van der Waals surface area contributed by atoms with E-state index < -0.39 is 6.04 Å². The van der Waals surface area contributed by atoms with Gasteiger partial charge in [-0.25, -0.2) is 14.8 Å². The average Bonchev–Trinajstić information content (AvgIpc) is 2.86. The number of pyridine rings is 1. The highest BCUT2D eigenvalue weighted by Crippen LogP contribution is 2.22. The monoisotopic (exact) mass is 438 g/mol. The quantitative estimate of drug-likeness (QED) is 0.381. The highest BCUT2D eigenvalue weighted by atomic mass is 16.5. The predicted octanol–water partition coefficient (Wildman–Crippen LogP) is 4.72. The average molecular weight is 439 g/mol. The number of esters is 1. The number of hydrogen-bond donors (Lipinski definition) is 1. The number of ether oxygens (including phenoxy) is 1. The van der Waals surface area contributed by atoms with Crippen LogP contribution < -0.4 is 5.32 Å². The molecule has 0 radical (unpaired) electrons. The first-order valence-electron chi connectivity index (χ1n) is 11.0. The van der Waals surface area contributed by atoms with Gasteiger partial charge in [0.15, 0.2) is 0 Å². The molecule has 0 amide bonds. The Morgan fingerprint density at radius 1 is 0.939 bits per heavy atom. The first-order chi connectivity index (χ1) is 16.2. The summed E-state index contributed by atoms with van der Waals surface area (Å²) in [5.41, 5.74) is 4.54. The molecule has 0 aliphatic heterocycles. The van der Waals surface area contributed by atoms with Crippen LogP contribution in [0.3, 0.4) is 0 Å². The largest absolute Gasteiger partial charge is 0.464 e. The minimum atomic E-state index is -0.586. The van der Waals surface area contributed by atoms with Crippen molar-refractivity contribution < 1.29 is 9.53 Å². The first-order valence-corrected chi connectivity index (χ1v) is 11.0. The van der Waals surface area contributed by atoms with E-state index in [2.05, 4.69) is 15.3 Å². The number of carbonyl (C=O) groups is 1. The lowest BCUT2D eigenvalue weighted by atomic mass is 10.1. The van der Waals surface area contributed by atoms with Gasteiger partial charge in [-0.1, -0.05) is 66.7 Å². The van der Waals surface area contributed by atoms with E-state index in [1.54, 1.807) is 19.3 Å². The van der Waals surface area contributed by atoms with E-state index in [0.29, 0.717) is 25.3 Å². The van der Waals surface area contributed by atoms with Crippen LogP contribution in [0.15, 0.2) is 91.4 Å². The molecular formula is C27H26N4O2. The smallest absolute Gasteiger partial charge is 0.328 e. The van der Waals surface area contributed by atoms with Crippen LogP contribution in [0.5, 0.6) is 0 Å². The van der Waals surface area contributed by atoms with Crippen molar-refractivity contribution in [2.75, 3.05) is 11.9 Å². The zero-order chi connectivity index (χ0) is 22.9. The highest BCUT2D eigenvalue weighted by Gasteiger charge is 2.23. The first kappa shape index (κ1) is 22.1. The van der Waals surface area contributed by atoms with E-state index in [1.165, 1.54) is 0 Å². The number of benzene rings is 2. The second-order valence-electron chi connectivity index (χ2n) is 7.59. The molecular weight excluding hydrogens is 412 g/mol. The fourth-order valence-corrected chi connectivity index (χ4v) is 3.57. The van der Waals surface area contributed by atoms with E-state index in [1.807, 2.05) is 79.0 Å². The van der Waals surface area contributed by atoms with Crippen LogP contribution in [-0.2, 0) is 22.4 Å². The third-order valence-corrected chi connectivity index (χ3v) is 5.17. The number of nitrogens with zero attached hydrogens (tertiary/aromatic N) is 3. The zero-order valence-corrected chi connectivity index (χ0v) is 18.5. The van der Waals surface area contributed by atoms with Gasteiger partial charge in [-0.15, -0.1) is 0 Å². The summed E-state index contributed by atoms with van der Waals surface area (Å²) in [4.78, 5) is 26.6. The normalized spacial score (nSPS) is 11.5. The third-order valence-electron chi connectivity index (χ3n) is 5.17. The van der Waals surface area contributed by atoms with Crippen molar-refractivity contribution >= 4 is 11.8 Å². The fraction of sp³-hybridized carbons (Fsp3) is 0.185. The summed E-state index contributed by atoms with van der Waals surface area (Å²) >= 11 is 0. The van der Waals surface area contributed by atoms with Gasteiger partial charge in [-0.3, -0.25) is 4.98 Å². The van der Waals surface area contributed by atoms with Crippen LogP contribution in [0, 0.1) is 0 Å². The van der Waals surface area contributed by atoms with Crippen molar-refractivity contribution in [2.24, 2.45) is 0 Å². The van der Waals surface area contributed by atoms with Gasteiger partial charge in [0.05, 0.1) is 24.2 Å². The Morgan fingerprint density at radius 3 is 2.36 bits per heavy atom. The lowest BCUT2D eigenvalue weighted by Crippen LogP contribution is -2.34. The second kappa shape index (κ2) is 11.0. The molecule has 0 unspecified atom stereocenters. The van der Waals surface area contributed by atoms with Gasteiger partial charge in [0.25, 0.3) is 0 Å². The van der Waals surface area contributed by atoms with E-state index in [0.717, 1.165) is 28.1 Å². The van der Waals surface area contributed by atoms with E-state index in [-0.39, 0.29) is 5.97 Å². The lowest BCUT2D eigenvalue weighted by molar-refractivity contribution is -0.144.